The average molecular weight is 487 g/mol. The average Bonchev–Trinajstić information content (AvgIpc) is 2.92. The third-order valence-electron chi connectivity index (χ3n) is 6.32. The van der Waals surface area contributed by atoms with Crippen LogP contribution in [0.3, 0.4) is 0 Å². The molecular weight excluding hydrogens is 457 g/mol. The Kier molecular flexibility index (Phi) is 6.66. The molecule has 2 aromatic rings. The van der Waals surface area contributed by atoms with Gasteiger partial charge in [-0.05, 0) is 48.1 Å². The van der Waals surface area contributed by atoms with E-state index in [-0.39, 0.29) is 28.9 Å². The summed E-state index contributed by atoms with van der Waals surface area (Å²) in [6.45, 7) is 6.47. The highest BCUT2D eigenvalue weighted by Crippen LogP contribution is 2.49. The number of unbranched alkanes of at least 4 members (excludes halogenated alkanes) is 1. The third kappa shape index (κ3) is 5.06. The number of fused-ring (bicyclic) bond motifs is 1. The Labute approximate surface area is 203 Å². The van der Waals surface area contributed by atoms with Crippen LogP contribution in [-0.2, 0) is 9.59 Å². The standard InChI is InChI=1S/C27H29F3N2O3/c1-4-5-14-35-18-12-10-17(11-13-18)24-23-20(15-26(2,3)16-22(23)33)31-19-8-6-7-9-21(19)32(24)25(34)27(28,29)30/h6-13,24,31H,4-5,14-16H2,1-3H3/t24-/m0/s1. The predicted octanol–water partition coefficient (Wildman–Crippen LogP) is 6.57. The Balaban J connectivity index is 1.90. The van der Waals surface area contributed by atoms with Crippen molar-refractivity contribution in [1.29, 1.82) is 0 Å². The summed E-state index contributed by atoms with van der Waals surface area (Å²) >= 11 is 0. The fraction of sp³-hybridized carbons (Fsp3) is 0.407. The maximum atomic E-state index is 13.9. The van der Waals surface area contributed by atoms with Crippen molar-refractivity contribution in [2.45, 2.75) is 58.7 Å². The number of Topliss-reactive ketones (excluding diaryl/α,β-unsaturated/α-hetero) is 1. The lowest BCUT2D eigenvalue weighted by molar-refractivity contribution is -0.170. The molecule has 0 saturated carbocycles. The molecule has 0 radical (unpaired) electrons. The Morgan fingerprint density at radius 3 is 2.46 bits per heavy atom. The second kappa shape index (κ2) is 9.40. The summed E-state index contributed by atoms with van der Waals surface area (Å²) in [6.07, 6.45) is -2.65. The quantitative estimate of drug-likeness (QED) is 0.486. The monoisotopic (exact) mass is 486 g/mol. The minimum absolute atomic E-state index is 0.0723. The molecule has 1 amide bonds. The number of nitrogens with zero attached hydrogens (tertiary/aromatic N) is 1. The molecule has 35 heavy (non-hydrogen) atoms. The molecule has 1 aliphatic carbocycles. The van der Waals surface area contributed by atoms with Gasteiger partial charge in [0.1, 0.15) is 5.75 Å². The van der Waals surface area contributed by atoms with Crippen molar-refractivity contribution in [2.24, 2.45) is 5.41 Å². The fourth-order valence-corrected chi connectivity index (χ4v) is 4.74. The molecule has 4 rings (SSSR count). The van der Waals surface area contributed by atoms with Crippen molar-refractivity contribution in [3.63, 3.8) is 0 Å². The molecule has 2 aliphatic rings. The highest BCUT2D eigenvalue weighted by atomic mass is 19.4. The molecule has 0 unspecified atom stereocenters. The van der Waals surface area contributed by atoms with Gasteiger partial charge in [0, 0.05) is 17.7 Å². The van der Waals surface area contributed by atoms with Crippen LogP contribution in [0.2, 0.25) is 0 Å². The predicted molar refractivity (Wildman–Crippen MR) is 128 cm³/mol. The SMILES string of the molecule is CCCCOc1ccc([C@H]2C3=C(CC(C)(C)CC3=O)Nc3ccccc3N2C(=O)C(F)(F)F)cc1. The summed E-state index contributed by atoms with van der Waals surface area (Å²) in [6, 6.07) is 11.7. The number of anilines is 2. The first-order valence-electron chi connectivity index (χ1n) is 11.8. The molecule has 0 aromatic heterocycles. The number of ketones is 1. The van der Waals surface area contributed by atoms with E-state index in [1.165, 1.54) is 6.07 Å². The molecule has 0 spiro atoms. The number of allylic oxidation sites excluding steroid dienone is 1. The molecule has 5 nitrogen and oxygen atoms in total. The number of nitrogens with one attached hydrogen (secondary N) is 1. The van der Waals surface area contributed by atoms with Crippen molar-refractivity contribution in [2.75, 3.05) is 16.8 Å². The Morgan fingerprint density at radius 2 is 1.80 bits per heavy atom. The third-order valence-corrected chi connectivity index (χ3v) is 6.32. The number of hydrogen-bond donors (Lipinski definition) is 1. The van der Waals surface area contributed by atoms with Crippen molar-refractivity contribution < 1.29 is 27.5 Å². The zero-order chi connectivity index (χ0) is 25.4. The lowest BCUT2D eigenvalue weighted by atomic mass is 9.73. The van der Waals surface area contributed by atoms with Gasteiger partial charge in [0.25, 0.3) is 0 Å². The molecule has 1 aliphatic heterocycles. The van der Waals surface area contributed by atoms with Gasteiger partial charge in [0.15, 0.2) is 5.78 Å². The second-order valence-corrected chi connectivity index (χ2v) is 9.82. The number of halogens is 3. The van der Waals surface area contributed by atoms with Crippen LogP contribution in [-0.4, -0.2) is 24.5 Å². The van der Waals surface area contributed by atoms with Gasteiger partial charge in [-0.3, -0.25) is 14.5 Å². The van der Waals surface area contributed by atoms with Gasteiger partial charge in [-0.15, -0.1) is 0 Å². The van der Waals surface area contributed by atoms with Gasteiger partial charge in [-0.1, -0.05) is 51.5 Å². The van der Waals surface area contributed by atoms with Crippen LogP contribution in [0, 0.1) is 5.41 Å². The van der Waals surface area contributed by atoms with Crippen molar-refractivity contribution >= 4 is 23.1 Å². The van der Waals surface area contributed by atoms with E-state index in [4.69, 9.17) is 4.74 Å². The molecule has 2 aromatic carbocycles. The number of para-hydroxylation sites is 2. The van der Waals surface area contributed by atoms with Gasteiger partial charge in [-0.25, -0.2) is 0 Å². The zero-order valence-corrected chi connectivity index (χ0v) is 20.0. The largest absolute Gasteiger partial charge is 0.494 e. The summed E-state index contributed by atoms with van der Waals surface area (Å²) in [5.41, 5.74) is 1.20. The van der Waals surface area contributed by atoms with E-state index >= 15 is 0 Å². The van der Waals surface area contributed by atoms with E-state index in [1.54, 1.807) is 42.5 Å². The number of ether oxygens (including phenoxy) is 1. The molecule has 0 saturated heterocycles. The van der Waals surface area contributed by atoms with E-state index in [0.29, 0.717) is 40.6 Å². The van der Waals surface area contributed by atoms with Crippen molar-refractivity contribution in [3.05, 3.63) is 65.4 Å². The van der Waals surface area contributed by atoms with Gasteiger partial charge >= 0.3 is 12.1 Å². The lowest BCUT2D eigenvalue weighted by Gasteiger charge is -2.37. The van der Waals surface area contributed by atoms with Crippen molar-refractivity contribution in [3.8, 4) is 5.75 Å². The minimum atomic E-state index is -5.13. The summed E-state index contributed by atoms with van der Waals surface area (Å²) in [4.78, 5) is 27.0. The first kappa shape index (κ1) is 24.8. The van der Waals surface area contributed by atoms with Crippen LogP contribution in [0.1, 0.15) is 58.1 Å². The van der Waals surface area contributed by atoms with Crippen LogP contribution >= 0.6 is 0 Å². The first-order chi connectivity index (χ1) is 16.5. The Hall–Kier alpha value is -3.29. The number of carbonyl (C=O) groups is 2. The number of amides is 1. The number of hydrogen-bond acceptors (Lipinski definition) is 4. The highest BCUT2D eigenvalue weighted by molar-refractivity contribution is 6.07. The molecule has 1 heterocycles. The van der Waals surface area contributed by atoms with Crippen LogP contribution < -0.4 is 15.0 Å². The topological polar surface area (TPSA) is 58.6 Å². The molecular formula is C27H29F3N2O3. The zero-order valence-electron chi connectivity index (χ0n) is 20.0. The van der Waals surface area contributed by atoms with E-state index in [0.717, 1.165) is 12.8 Å². The van der Waals surface area contributed by atoms with E-state index in [2.05, 4.69) is 5.32 Å². The van der Waals surface area contributed by atoms with Crippen LogP contribution in [0.4, 0.5) is 24.5 Å². The molecule has 0 fully saturated rings. The number of carbonyl (C=O) groups excluding carboxylic acids is 2. The lowest BCUT2D eigenvalue weighted by Crippen LogP contribution is -2.45. The number of rotatable bonds is 5. The Bertz CT molecular complexity index is 1150. The molecule has 8 heteroatoms. The summed E-state index contributed by atoms with van der Waals surface area (Å²) < 4.78 is 47.4. The maximum absolute atomic E-state index is 13.9. The van der Waals surface area contributed by atoms with Crippen LogP contribution in [0.15, 0.2) is 59.8 Å². The van der Waals surface area contributed by atoms with Gasteiger partial charge in [0.2, 0.25) is 0 Å². The van der Waals surface area contributed by atoms with E-state index < -0.39 is 18.1 Å². The molecule has 186 valence electrons. The number of alkyl halides is 3. The van der Waals surface area contributed by atoms with Gasteiger partial charge < -0.3 is 10.1 Å². The fourth-order valence-electron chi connectivity index (χ4n) is 4.74. The van der Waals surface area contributed by atoms with E-state index in [1.807, 2.05) is 20.8 Å². The Morgan fingerprint density at radius 1 is 1.11 bits per heavy atom. The summed E-state index contributed by atoms with van der Waals surface area (Å²) in [7, 11) is 0. The van der Waals surface area contributed by atoms with Crippen LogP contribution in [0.25, 0.3) is 0 Å². The van der Waals surface area contributed by atoms with E-state index in [9.17, 15) is 22.8 Å². The molecule has 1 N–H and O–H groups in total. The van der Waals surface area contributed by atoms with Crippen LogP contribution in [0.5, 0.6) is 5.75 Å². The molecule has 0 bridgehead atoms. The normalized spacial score (nSPS) is 19.4. The maximum Gasteiger partial charge on any atom is 0.471 e. The summed E-state index contributed by atoms with van der Waals surface area (Å²) in [5, 5.41) is 3.20. The van der Waals surface area contributed by atoms with Gasteiger partial charge in [-0.2, -0.15) is 13.2 Å². The first-order valence-corrected chi connectivity index (χ1v) is 11.8. The van der Waals surface area contributed by atoms with Crippen molar-refractivity contribution in [1.82, 2.24) is 0 Å². The highest BCUT2D eigenvalue weighted by Gasteiger charge is 2.50. The number of benzene rings is 2. The van der Waals surface area contributed by atoms with Gasteiger partial charge in [0.05, 0.1) is 24.0 Å². The second-order valence-electron chi connectivity index (χ2n) is 9.82. The molecule has 1 atom stereocenters. The minimum Gasteiger partial charge on any atom is -0.494 e. The summed E-state index contributed by atoms with van der Waals surface area (Å²) in [5.74, 6) is -1.72. The smallest absolute Gasteiger partial charge is 0.471 e.